The van der Waals surface area contributed by atoms with Gasteiger partial charge in [0.25, 0.3) is 0 Å². The molecular formula is C25H31IN4O2. The van der Waals surface area contributed by atoms with Crippen LogP contribution in [0, 0.1) is 6.92 Å². The van der Waals surface area contributed by atoms with E-state index in [9.17, 15) is 0 Å². The SMILES string of the molecule is CN=C(NCCc1cc(C)ccc1OC)NCc1cccc(OCc2ccccn2)c1.I. The van der Waals surface area contributed by atoms with Gasteiger partial charge in [0.2, 0.25) is 0 Å². The summed E-state index contributed by atoms with van der Waals surface area (Å²) in [5.41, 5.74) is 4.43. The summed E-state index contributed by atoms with van der Waals surface area (Å²) in [4.78, 5) is 8.60. The summed E-state index contributed by atoms with van der Waals surface area (Å²) < 4.78 is 11.3. The Hall–Kier alpha value is -2.81. The van der Waals surface area contributed by atoms with Crippen molar-refractivity contribution in [3.63, 3.8) is 0 Å². The van der Waals surface area contributed by atoms with Gasteiger partial charge >= 0.3 is 0 Å². The summed E-state index contributed by atoms with van der Waals surface area (Å²) in [6, 6.07) is 20.1. The van der Waals surface area contributed by atoms with Crippen molar-refractivity contribution in [2.24, 2.45) is 4.99 Å². The molecule has 6 nitrogen and oxygen atoms in total. The highest BCUT2D eigenvalue weighted by molar-refractivity contribution is 14.0. The molecule has 0 unspecified atom stereocenters. The van der Waals surface area contributed by atoms with E-state index in [0.717, 1.165) is 41.7 Å². The van der Waals surface area contributed by atoms with Crippen LogP contribution >= 0.6 is 24.0 Å². The lowest BCUT2D eigenvalue weighted by Crippen LogP contribution is -2.37. The number of nitrogens with zero attached hydrogens (tertiary/aromatic N) is 2. The second-order valence-electron chi connectivity index (χ2n) is 7.17. The zero-order valence-corrected chi connectivity index (χ0v) is 21.1. The molecule has 3 rings (SSSR count). The largest absolute Gasteiger partial charge is 0.496 e. The van der Waals surface area contributed by atoms with E-state index in [1.165, 1.54) is 11.1 Å². The van der Waals surface area contributed by atoms with E-state index in [0.29, 0.717) is 13.2 Å². The average Bonchev–Trinajstić information content (AvgIpc) is 2.81. The van der Waals surface area contributed by atoms with Crippen molar-refractivity contribution < 1.29 is 9.47 Å². The van der Waals surface area contributed by atoms with Crippen molar-refractivity contribution in [3.8, 4) is 11.5 Å². The molecular weight excluding hydrogens is 515 g/mol. The monoisotopic (exact) mass is 546 g/mol. The first kappa shape index (κ1) is 25.5. The van der Waals surface area contributed by atoms with Crippen molar-refractivity contribution in [3.05, 3.63) is 89.2 Å². The molecule has 0 spiro atoms. The van der Waals surface area contributed by atoms with Gasteiger partial charge in [-0.05, 0) is 54.8 Å². The van der Waals surface area contributed by atoms with Gasteiger partial charge in [0.05, 0.1) is 12.8 Å². The van der Waals surface area contributed by atoms with E-state index in [-0.39, 0.29) is 24.0 Å². The number of methoxy groups -OCH3 is 1. The van der Waals surface area contributed by atoms with Crippen LogP contribution in [-0.4, -0.2) is 31.6 Å². The number of hydrogen-bond acceptors (Lipinski definition) is 4. The highest BCUT2D eigenvalue weighted by atomic mass is 127. The first-order valence-corrected chi connectivity index (χ1v) is 10.4. The Labute approximate surface area is 207 Å². The molecule has 0 saturated carbocycles. The number of guanidine groups is 1. The third kappa shape index (κ3) is 8.03. The molecule has 0 bridgehead atoms. The maximum Gasteiger partial charge on any atom is 0.191 e. The third-order valence-electron chi connectivity index (χ3n) is 4.82. The number of aryl methyl sites for hydroxylation is 1. The van der Waals surface area contributed by atoms with Crippen LogP contribution in [0.3, 0.4) is 0 Å². The highest BCUT2D eigenvalue weighted by Gasteiger charge is 2.05. The van der Waals surface area contributed by atoms with Crippen LogP contribution in [0.25, 0.3) is 0 Å². The van der Waals surface area contributed by atoms with E-state index in [4.69, 9.17) is 9.47 Å². The summed E-state index contributed by atoms with van der Waals surface area (Å²) in [7, 11) is 3.48. The molecule has 0 radical (unpaired) electrons. The van der Waals surface area contributed by atoms with Crippen LogP contribution < -0.4 is 20.1 Å². The van der Waals surface area contributed by atoms with Crippen molar-refractivity contribution in [2.45, 2.75) is 26.5 Å². The quantitative estimate of drug-likeness (QED) is 0.235. The number of pyridine rings is 1. The zero-order valence-electron chi connectivity index (χ0n) is 18.8. The van der Waals surface area contributed by atoms with Gasteiger partial charge in [-0.15, -0.1) is 24.0 Å². The third-order valence-corrected chi connectivity index (χ3v) is 4.82. The predicted molar refractivity (Wildman–Crippen MR) is 140 cm³/mol. The number of rotatable bonds is 9. The van der Waals surface area contributed by atoms with E-state index in [1.54, 1.807) is 20.4 Å². The van der Waals surface area contributed by atoms with E-state index >= 15 is 0 Å². The molecule has 0 atom stereocenters. The van der Waals surface area contributed by atoms with Gasteiger partial charge in [0.15, 0.2) is 5.96 Å². The van der Waals surface area contributed by atoms with E-state index in [1.807, 2.05) is 42.5 Å². The summed E-state index contributed by atoms with van der Waals surface area (Å²) >= 11 is 0. The molecule has 0 aliphatic heterocycles. The minimum atomic E-state index is 0. The number of nitrogens with one attached hydrogen (secondary N) is 2. The highest BCUT2D eigenvalue weighted by Crippen LogP contribution is 2.19. The van der Waals surface area contributed by atoms with E-state index < -0.39 is 0 Å². The lowest BCUT2D eigenvalue weighted by Gasteiger charge is -2.14. The van der Waals surface area contributed by atoms with Gasteiger partial charge < -0.3 is 20.1 Å². The summed E-state index contributed by atoms with van der Waals surface area (Å²) in [6.07, 6.45) is 2.62. The molecule has 0 amide bonds. The van der Waals surface area contributed by atoms with Crippen LogP contribution in [0.1, 0.15) is 22.4 Å². The molecule has 0 fully saturated rings. The maximum atomic E-state index is 5.86. The van der Waals surface area contributed by atoms with Crippen LogP contribution in [0.2, 0.25) is 0 Å². The molecule has 7 heteroatoms. The van der Waals surface area contributed by atoms with Crippen LogP contribution in [-0.2, 0) is 19.6 Å². The topological polar surface area (TPSA) is 67.8 Å². The van der Waals surface area contributed by atoms with Gasteiger partial charge in [-0.25, -0.2) is 0 Å². The number of aromatic nitrogens is 1. The van der Waals surface area contributed by atoms with E-state index in [2.05, 4.69) is 45.7 Å². The fraction of sp³-hybridized carbons (Fsp3) is 0.280. The Morgan fingerprint density at radius 3 is 2.66 bits per heavy atom. The predicted octanol–water partition coefficient (Wildman–Crippen LogP) is 4.50. The fourth-order valence-electron chi connectivity index (χ4n) is 3.21. The van der Waals surface area contributed by atoms with Gasteiger partial charge in [-0.1, -0.05) is 35.9 Å². The van der Waals surface area contributed by atoms with Crippen LogP contribution in [0.4, 0.5) is 0 Å². The molecule has 1 heterocycles. The zero-order chi connectivity index (χ0) is 21.9. The number of ether oxygens (including phenoxy) is 2. The standard InChI is InChI=1S/C25H30N4O2.HI/c1-19-10-11-24(30-3)21(15-19)12-14-28-25(26-2)29-17-20-7-6-9-23(16-20)31-18-22-8-4-5-13-27-22;/h4-11,13,15-16H,12,14,17-18H2,1-3H3,(H2,26,28,29);1H. The Kier molecular flexibility index (Phi) is 10.8. The second kappa shape index (κ2) is 13.6. The number of benzene rings is 2. The molecule has 2 N–H and O–H groups in total. The minimum absolute atomic E-state index is 0. The molecule has 1 aromatic heterocycles. The van der Waals surface area contributed by atoms with Gasteiger partial charge in [-0.2, -0.15) is 0 Å². The average molecular weight is 546 g/mol. The van der Waals surface area contributed by atoms with Gasteiger partial charge in [-0.3, -0.25) is 9.98 Å². The van der Waals surface area contributed by atoms with Crippen LogP contribution in [0.5, 0.6) is 11.5 Å². The van der Waals surface area contributed by atoms with Gasteiger partial charge in [0.1, 0.15) is 18.1 Å². The molecule has 2 aromatic carbocycles. The van der Waals surface area contributed by atoms with Crippen LogP contribution in [0.15, 0.2) is 71.9 Å². The Bertz CT molecular complexity index is 996. The number of hydrogen-bond donors (Lipinski definition) is 2. The summed E-state index contributed by atoms with van der Waals surface area (Å²) in [5, 5.41) is 6.72. The molecule has 0 aliphatic carbocycles. The summed E-state index contributed by atoms with van der Waals surface area (Å²) in [6.45, 7) is 3.94. The smallest absolute Gasteiger partial charge is 0.191 e. The molecule has 0 aliphatic rings. The molecule has 0 saturated heterocycles. The second-order valence-corrected chi connectivity index (χ2v) is 7.17. The fourth-order valence-corrected chi connectivity index (χ4v) is 3.21. The Morgan fingerprint density at radius 2 is 1.91 bits per heavy atom. The van der Waals surface area contributed by atoms with Crippen molar-refractivity contribution in [1.29, 1.82) is 0 Å². The maximum absolute atomic E-state index is 5.86. The Morgan fingerprint density at radius 1 is 1.03 bits per heavy atom. The Balaban J connectivity index is 0.00000363. The van der Waals surface area contributed by atoms with Gasteiger partial charge in [0, 0.05) is 26.3 Å². The lowest BCUT2D eigenvalue weighted by atomic mass is 10.1. The van der Waals surface area contributed by atoms with Crippen molar-refractivity contribution >= 4 is 29.9 Å². The van der Waals surface area contributed by atoms with Crippen molar-refractivity contribution in [2.75, 3.05) is 20.7 Å². The molecule has 3 aromatic rings. The normalized spacial score (nSPS) is 10.8. The minimum Gasteiger partial charge on any atom is -0.496 e. The molecule has 32 heavy (non-hydrogen) atoms. The number of halogens is 1. The summed E-state index contributed by atoms with van der Waals surface area (Å²) in [5.74, 6) is 2.49. The first-order chi connectivity index (χ1) is 15.2. The number of aliphatic imine (C=N–C) groups is 1. The lowest BCUT2D eigenvalue weighted by molar-refractivity contribution is 0.301. The first-order valence-electron chi connectivity index (χ1n) is 10.4. The van der Waals surface area contributed by atoms with Crippen molar-refractivity contribution in [1.82, 2.24) is 15.6 Å². The molecule has 170 valence electrons.